The fourth-order valence-corrected chi connectivity index (χ4v) is 5.90. The number of hydrogen-bond acceptors (Lipinski definition) is 7. The lowest BCUT2D eigenvalue weighted by Gasteiger charge is -2.41. The van der Waals surface area contributed by atoms with E-state index in [0.29, 0.717) is 60.2 Å². The molecule has 2 N–H and O–H groups in total. The summed E-state index contributed by atoms with van der Waals surface area (Å²) < 4.78 is 34.4. The van der Waals surface area contributed by atoms with Crippen LogP contribution in [-0.4, -0.2) is 63.9 Å². The minimum Gasteiger partial charge on any atom is -0.493 e. The summed E-state index contributed by atoms with van der Waals surface area (Å²) in [6.45, 7) is 11.9. The zero-order valence-corrected chi connectivity index (χ0v) is 26.2. The molecule has 5 heterocycles. The third-order valence-electron chi connectivity index (χ3n) is 8.24. The van der Waals surface area contributed by atoms with Crippen molar-refractivity contribution >= 4 is 23.3 Å². The summed E-state index contributed by atoms with van der Waals surface area (Å²) in [4.78, 5) is 32.8. The van der Waals surface area contributed by atoms with Crippen LogP contribution in [-0.2, 0) is 20.8 Å². The summed E-state index contributed by atoms with van der Waals surface area (Å²) in [6.07, 6.45) is 4.52. The van der Waals surface area contributed by atoms with Crippen LogP contribution in [0.3, 0.4) is 0 Å². The molecular formula is C33H43FN4O6. The van der Waals surface area contributed by atoms with Crippen molar-refractivity contribution in [2.75, 3.05) is 31.2 Å². The highest BCUT2D eigenvalue weighted by Crippen LogP contribution is 2.38. The largest absolute Gasteiger partial charge is 0.493 e. The van der Waals surface area contributed by atoms with Gasteiger partial charge in [-0.1, -0.05) is 0 Å². The molecule has 0 radical (unpaired) electrons. The van der Waals surface area contributed by atoms with Gasteiger partial charge in [-0.25, -0.2) is 14.2 Å². The number of piperidine rings is 1. The van der Waals surface area contributed by atoms with E-state index in [1.54, 1.807) is 22.7 Å². The van der Waals surface area contributed by atoms with Gasteiger partial charge in [-0.05, 0) is 96.6 Å². The Hall–Kier alpha value is -3.70. The van der Waals surface area contributed by atoms with E-state index in [0.717, 1.165) is 32.1 Å². The molecule has 1 saturated heterocycles. The number of carbonyl (C=O) groups excluding carboxylic acids is 1. The maximum absolute atomic E-state index is 14.1. The normalized spacial score (nSPS) is 18.9. The average molecular weight is 611 g/mol. The second-order valence-corrected chi connectivity index (χ2v) is 13.0. The number of hydrogen-bond donors (Lipinski definition) is 2. The van der Waals surface area contributed by atoms with Gasteiger partial charge in [-0.2, -0.15) is 0 Å². The summed E-state index contributed by atoms with van der Waals surface area (Å²) in [5.41, 5.74) is 1.38. The Bertz CT molecular complexity index is 1520. The molecule has 1 unspecified atom stereocenters. The molecule has 0 saturated carbocycles. The minimum atomic E-state index is -1.24. The lowest BCUT2D eigenvalue weighted by molar-refractivity contribution is -0.160. The average Bonchev–Trinajstić information content (AvgIpc) is 3.37. The number of anilines is 1. The first-order valence-corrected chi connectivity index (χ1v) is 15.4. The molecule has 3 aromatic rings. The van der Waals surface area contributed by atoms with Crippen LogP contribution < -0.4 is 15.0 Å². The van der Waals surface area contributed by atoms with Crippen LogP contribution in [0.1, 0.15) is 93.1 Å². The lowest BCUT2D eigenvalue weighted by Crippen LogP contribution is -2.45. The summed E-state index contributed by atoms with van der Waals surface area (Å²) in [5, 5.41) is 13.2. The molecule has 4 bridgehead atoms. The molecule has 0 aliphatic carbocycles. The molecule has 1 fully saturated rings. The number of amides is 1. The standard InChI is InChI=1S/C33H43FN4O6/c1-21-17-26-36-24-20-38(26)30(27(21)28(31(40)41)44-32(2,3)4)37-13-11-33(5,12-14-37)43-16-8-6-7-15-42-25-10-9-23(34)18-22(25)19-35-29(24)39/h9-10,17-18,20,28H,6-8,11-16,19H2,1-5H3,(H,35,39)(H,40,41). The highest BCUT2D eigenvalue weighted by Gasteiger charge is 2.37. The van der Waals surface area contributed by atoms with Crippen LogP contribution in [0.25, 0.3) is 5.65 Å². The predicted octanol–water partition coefficient (Wildman–Crippen LogP) is 5.59. The van der Waals surface area contributed by atoms with Crippen LogP contribution in [0.4, 0.5) is 10.2 Å². The van der Waals surface area contributed by atoms with Crippen LogP contribution >= 0.6 is 0 Å². The van der Waals surface area contributed by atoms with E-state index >= 15 is 0 Å². The molecular weight excluding hydrogens is 567 g/mol. The van der Waals surface area contributed by atoms with Crippen LogP contribution in [0.2, 0.25) is 0 Å². The number of aliphatic carboxylic acids is 1. The van der Waals surface area contributed by atoms with Crippen LogP contribution in [0.15, 0.2) is 30.5 Å². The third kappa shape index (κ3) is 7.15. The van der Waals surface area contributed by atoms with Crippen molar-refractivity contribution in [2.24, 2.45) is 0 Å². The summed E-state index contributed by atoms with van der Waals surface area (Å²) in [5.74, 6) is -0.798. The fraction of sp³-hybridized carbons (Fsp3) is 0.545. The number of nitrogens with zero attached hydrogens (tertiary/aromatic N) is 3. The number of carbonyl (C=O) groups is 2. The highest BCUT2D eigenvalue weighted by atomic mass is 19.1. The molecule has 2 aromatic heterocycles. The van der Waals surface area contributed by atoms with Crippen molar-refractivity contribution in [3.8, 4) is 5.75 Å². The van der Waals surface area contributed by atoms with Crippen molar-refractivity contribution < 1.29 is 33.3 Å². The van der Waals surface area contributed by atoms with Crippen molar-refractivity contribution in [1.29, 1.82) is 0 Å². The molecule has 3 aliphatic rings. The third-order valence-corrected chi connectivity index (χ3v) is 8.24. The van der Waals surface area contributed by atoms with E-state index in [2.05, 4.69) is 22.1 Å². The zero-order valence-electron chi connectivity index (χ0n) is 26.2. The first-order chi connectivity index (χ1) is 20.8. The van der Waals surface area contributed by atoms with Crippen molar-refractivity contribution in [3.05, 3.63) is 58.7 Å². The molecule has 1 aromatic carbocycles. The number of fused-ring (bicyclic) bond motifs is 10. The van der Waals surface area contributed by atoms with Crippen LogP contribution in [0.5, 0.6) is 5.75 Å². The van der Waals surface area contributed by atoms with Gasteiger partial charge in [0.15, 0.2) is 6.10 Å². The van der Waals surface area contributed by atoms with Gasteiger partial charge in [0.05, 0.1) is 17.8 Å². The molecule has 11 heteroatoms. The number of benzene rings is 1. The Morgan fingerprint density at radius 3 is 2.59 bits per heavy atom. The Morgan fingerprint density at radius 2 is 1.89 bits per heavy atom. The molecule has 0 spiro atoms. The molecule has 6 rings (SSSR count). The van der Waals surface area contributed by atoms with E-state index in [1.165, 1.54) is 12.1 Å². The predicted molar refractivity (Wildman–Crippen MR) is 164 cm³/mol. The number of ether oxygens (including phenoxy) is 3. The van der Waals surface area contributed by atoms with E-state index in [-0.39, 0.29) is 17.8 Å². The summed E-state index contributed by atoms with van der Waals surface area (Å²) in [6, 6.07) is 6.06. The second-order valence-electron chi connectivity index (χ2n) is 13.0. The number of aromatic nitrogens is 2. The molecule has 3 aliphatic heterocycles. The van der Waals surface area contributed by atoms with E-state index in [1.807, 2.05) is 27.7 Å². The number of aryl methyl sites for hydroxylation is 1. The van der Waals surface area contributed by atoms with Crippen molar-refractivity contribution in [1.82, 2.24) is 14.7 Å². The van der Waals surface area contributed by atoms with Gasteiger partial charge in [-0.15, -0.1) is 0 Å². The van der Waals surface area contributed by atoms with Gasteiger partial charge >= 0.3 is 5.97 Å². The summed E-state index contributed by atoms with van der Waals surface area (Å²) >= 11 is 0. The number of carboxylic acids is 1. The monoisotopic (exact) mass is 610 g/mol. The second kappa shape index (κ2) is 12.7. The van der Waals surface area contributed by atoms with E-state index in [9.17, 15) is 19.1 Å². The highest BCUT2D eigenvalue weighted by molar-refractivity contribution is 5.93. The Labute approximate surface area is 257 Å². The van der Waals surface area contributed by atoms with Crippen molar-refractivity contribution in [3.63, 3.8) is 0 Å². The number of halogens is 1. The van der Waals surface area contributed by atoms with Crippen LogP contribution in [0, 0.1) is 12.7 Å². The zero-order chi connectivity index (χ0) is 31.6. The van der Waals surface area contributed by atoms with Gasteiger partial charge in [0.2, 0.25) is 0 Å². The number of pyridine rings is 1. The molecule has 10 nitrogen and oxygen atoms in total. The topological polar surface area (TPSA) is 115 Å². The Kier molecular flexibility index (Phi) is 9.17. The van der Waals surface area contributed by atoms with Gasteiger partial charge in [0.1, 0.15) is 28.7 Å². The van der Waals surface area contributed by atoms with E-state index < -0.39 is 29.4 Å². The van der Waals surface area contributed by atoms with Gasteiger partial charge in [-0.3, -0.25) is 9.20 Å². The number of imidazole rings is 1. The fourth-order valence-electron chi connectivity index (χ4n) is 5.90. The number of carboxylic acid groups (broad SMARTS) is 1. The molecule has 1 amide bonds. The lowest BCUT2D eigenvalue weighted by atomic mass is 9.92. The Morgan fingerprint density at radius 1 is 1.16 bits per heavy atom. The van der Waals surface area contributed by atoms with Gasteiger partial charge < -0.3 is 29.5 Å². The summed E-state index contributed by atoms with van der Waals surface area (Å²) in [7, 11) is 0. The van der Waals surface area contributed by atoms with Gasteiger partial charge in [0, 0.05) is 43.6 Å². The molecule has 1 atom stereocenters. The van der Waals surface area contributed by atoms with Crippen molar-refractivity contribution in [2.45, 2.75) is 90.6 Å². The first kappa shape index (κ1) is 31.7. The minimum absolute atomic E-state index is 0.0516. The quantitative estimate of drug-likeness (QED) is 0.395. The number of rotatable bonds is 3. The first-order valence-electron chi connectivity index (χ1n) is 15.4. The maximum atomic E-state index is 14.1. The molecule has 238 valence electrons. The molecule has 44 heavy (non-hydrogen) atoms. The maximum Gasteiger partial charge on any atom is 0.337 e. The number of nitrogens with one attached hydrogen (secondary N) is 1. The Balaban J connectivity index is 1.59. The SMILES string of the molecule is Cc1cc2nc3cn2c(c1C(OC(C)(C)C)C(=O)O)N1CCC(C)(CC1)OCCCCCOc1ccc(F)cc1CNC3=O. The smallest absolute Gasteiger partial charge is 0.337 e. The van der Waals surface area contributed by atoms with E-state index in [4.69, 9.17) is 14.2 Å². The van der Waals surface area contributed by atoms with Gasteiger partial charge in [0.25, 0.3) is 5.91 Å².